The fourth-order valence-corrected chi connectivity index (χ4v) is 2.42. The van der Waals surface area contributed by atoms with Gasteiger partial charge in [-0.05, 0) is 24.1 Å². The Balaban J connectivity index is 0.00000180. The molecule has 0 bridgehead atoms. The molecule has 1 N–H and O–H groups in total. The fourth-order valence-electron chi connectivity index (χ4n) is 2.42. The third kappa shape index (κ3) is 5.02. The summed E-state index contributed by atoms with van der Waals surface area (Å²) in [5, 5.41) is 3.27. The van der Waals surface area contributed by atoms with Crippen LogP contribution in [-0.2, 0) is 0 Å². The topological polar surface area (TPSA) is 15.3 Å². The second-order valence-corrected chi connectivity index (χ2v) is 4.53. The fraction of sp³-hybridized carbons (Fsp3) is 0.429. The number of piperazine rings is 1. The number of benzene rings is 1. The lowest BCUT2D eigenvalue weighted by molar-refractivity contribution is 0.174. The lowest BCUT2D eigenvalue weighted by Crippen LogP contribution is -2.45. The van der Waals surface area contributed by atoms with Gasteiger partial charge < -0.3 is 5.32 Å². The van der Waals surface area contributed by atoms with Crippen molar-refractivity contribution in [2.24, 2.45) is 0 Å². The molecule has 1 aromatic rings. The van der Waals surface area contributed by atoms with Crippen LogP contribution < -0.4 is 5.32 Å². The average molecular weight is 325 g/mol. The molecule has 1 heterocycles. The highest BCUT2D eigenvalue weighted by molar-refractivity contribution is 5.85. The molecule has 1 atom stereocenters. The first-order valence-corrected chi connectivity index (χ1v) is 6.22. The summed E-state index contributed by atoms with van der Waals surface area (Å²) in [6.07, 6.45) is 2.50. The first kappa shape index (κ1) is 19.3. The minimum Gasteiger partial charge on any atom is -0.314 e. The van der Waals surface area contributed by atoms with Crippen molar-refractivity contribution < 1.29 is 8.78 Å². The normalized spacial score (nSPS) is 16.7. The molecule has 0 aliphatic carbocycles. The second-order valence-electron chi connectivity index (χ2n) is 4.53. The molecule has 0 radical (unpaired) electrons. The lowest BCUT2D eigenvalue weighted by Gasteiger charge is -2.34. The molecule has 114 valence electrons. The molecule has 1 aliphatic heterocycles. The third-order valence-electron chi connectivity index (χ3n) is 3.25. The molecule has 0 saturated carbocycles. The van der Waals surface area contributed by atoms with Gasteiger partial charge in [0.1, 0.15) is 11.6 Å². The standard InChI is InChI=1S/C14H18F2N2.2ClH/c1-2-3-14(18-6-4-17-5-7-18)11-8-12(15)10-13(16)9-11;;/h2,8-10,14,17H,1,3-7H2;2*1H/t14-;;/m1../s1. The van der Waals surface area contributed by atoms with E-state index in [1.807, 2.05) is 0 Å². The zero-order chi connectivity index (χ0) is 13.0. The van der Waals surface area contributed by atoms with Gasteiger partial charge in [0.05, 0.1) is 0 Å². The number of nitrogens with one attached hydrogen (secondary N) is 1. The van der Waals surface area contributed by atoms with Crippen LogP contribution in [0.2, 0.25) is 0 Å². The van der Waals surface area contributed by atoms with Crippen LogP contribution in [0.25, 0.3) is 0 Å². The number of halogens is 4. The number of nitrogens with zero attached hydrogens (tertiary/aromatic N) is 1. The molecule has 1 fully saturated rings. The summed E-state index contributed by atoms with van der Waals surface area (Å²) in [6.45, 7) is 7.32. The summed E-state index contributed by atoms with van der Waals surface area (Å²) in [6, 6.07) is 3.75. The molecule has 2 rings (SSSR count). The van der Waals surface area contributed by atoms with Crippen molar-refractivity contribution in [2.75, 3.05) is 26.2 Å². The quantitative estimate of drug-likeness (QED) is 0.854. The van der Waals surface area contributed by atoms with E-state index >= 15 is 0 Å². The summed E-state index contributed by atoms with van der Waals surface area (Å²) in [4.78, 5) is 2.24. The summed E-state index contributed by atoms with van der Waals surface area (Å²) < 4.78 is 26.6. The van der Waals surface area contributed by atoms with Crippen molar-refractivity contribution in [1.82, 2.24) is 10.2 Å². The number of hydrogen-bond donors (Lipinski definition) is 1. The van der Waals surface area contributed by atoms with Crippen molar-refractivity contribution in [2.45, 2.75) is 12.5 Å². The van der Waals surface area contributed by atoms with Crippen molar-refractivity contribution in [3.63, 3.8) is 0 Å². The van der Waals surface area contributed by atoms with Crippen LogP contribution in [0.15, 0.2) is 30.9 Å². The molecule has 0 amide bonds. The average Bonchev–Trinajstić information content (AvgIpc) is 2.36. The Labute approximate surface area is 131 Å². The van der Waals surface area contributed by atoms with Crippen LogP contribution >= 0.6 is 24.8 Å². The SMILES string of the molecule is C=CC[C@H](c1cc(F)cc(F)c1)N1CCNCC1.Cl.Cl. The molecule has 6 heteroatoms. The Morgan fingerprint density at radius 1 is 1.15 bits per heavy atom. The first-order valence-electron chi connectivity index (χ1n) is 6.22. The van der Waals surface area contributed by atoms with Gasteiger partial charge in [0.2, 0.25) is 0 Å². The summed E-state index contributed by atoms with van der Waals surface area (Å²) in [7, 11) is 0. The molecule has 0 unspecified atom stereocenters. The zero-order valence-corrected chi connectivity index (χ0v) is 12.8. The minimum absolute atomic E-state index is 0. The van der Waals surface area contributed by atoms with Crippen LogP contribution in [0.1, 0.15) is 18.0 Å². The summed E-state index contributed by atoms with van der Waals surface area (Å²) in [5.74, 6) is -1.04. The predicted molar refractivity (Wildman–Crippen MR) is 82.9 cm³/mol. The van der Waals surface area contributed by atoms with Crippen LogP contribution in [-0.4, -0.2) is 31.1 Å². The van der Waals surface area contributed by atoms with Gasteiger partial charge in [0.15, 0.2) is 0 Å². The first-order chi connectivity index (χ1) is 8.70. The molecule has 2 nitrogen and oxygen atoms in total. The lowest BCUT2D eigenvalue weighted by atomic mass is 10.0. The highest BCUT2D eigenvalue weighted by Gasteiger charge is 2.21. The van der Waals surface area contributed by atoms with E-state index in [1.54, 1.807) is 6.08 Å². The van der Waals surface area contributed by atoms with Crippen LogP contribution in [0.5, 0.6) is 0 Å². The van der Waals surface area contributed by atoms with E-state index in [9.17, 15) is 8.78 Å². The van der Waals surface area contributed by atoms with Crippen molar-refractivity contribution in [3.8, 4) is 0 Å². The summed E-state index contributed by atoms with van der Waals surface area (Å²) in [5.41, 5.74) is 0.689. The van der Waals surface area contributed by atoms with E-state index in [0.29, 0.717) is 12.0 Å². The molecule has 0 spiro atoms. The van der Waals surface area contributed by atoms with Crippen molar-refractivity contribution in [1.29, 1.82) is 0 Å². The Kier molecular flexibility index (Phi) is 8.98. The second kappa shape index (κ2) is 9.29. The van der Waals surface area contributed by atoms with E-state index in [0.717, 1.165) is 32.2 Å². The molecule has 1 aliphatic rings. The van der Waals surface area contributed by atoms with Gasteiger partial charge in [0.25, 0.3) is 0 Å². The van der Waals surface area contributed by atoms with E-state index < -0.39 is 11.6 Å². The summed E-state index contributed by atoms with van der Waals surface area (Å²) >= 11 is 0. The maximum atomic E-state index is 13.3. The molecular formula is C14H20Cl2F2N2. The monoisotopic (exact) mass is 324 g/mol. The van der Waals surface area contributed by atoms with Gasteiger partial charge in [-0.1, -0.05) is 6.08 Å². The number of hydrogen-bond acceptors (Lipinski definition) is 2. The van der Waals surface area contributed by atoms with Gasteiger partial charge >= 0.3 is 0 Å². The Hall–Kier alpha value is -0.680. The maximum absolute atomic E-state index is 13.3. The molecule has 20 heavy (non-hydrogen) atoms. The van der Waals surface area contributed by atoms with Gasteiger partial charge in [-0.25, -0.2) is 8.78 Å². The van der Waals surface area contributed by atoms with Gasteiger partial charge in [-0.15, -0.1) is 31.4 Å². The minimum atomic E-state index is -0.519. The Morgan fingerprint density at radius 2 is 1.70 bits per heavy atom. The van der Waals surface area contributed by atoms with Crippen LogP contribution in [0.3, 0.4) is 0 Å². The van der Waals surface area contributed by atoms with E-state index in [1.165, 1.54) is 12.1 Å². The third-order valence-corrected chi connectivity index (χ3v) is 3.25. The van der Waals surface area contributed by atoms with E-state index in [4.69, 9.17) is 0 Å². The maximum Gasteiger partial charge on any atom is 0.126 e. The Bertz CT molecular complexity index is 403. The van der Waals surface area contributed by atoms with Gasteiger partial charge in [-0.3, -0.25) is 4.90 Å². The molecular weight excluding hydrogens is 305 g/mol. The van der Waals surface area contributed by atoms with Crippen molar-refractivity contribution in [3.05, 3.63) is 48.1 Å². The van der Waals surface area contributed by atoms with Gasteiger partial charge in [0, 0.05) is 38.3 Å². The molecule has 0 aromatic heterocycles. The highest BCUT2D eigenvalue weighted by Crippen LogP contribution is 2.26. The zero-order valence-electron chi connectivity index (χ0n) is 11.1. The predicted octanol–water partition coefficient (Wildman–Crippen LogP) is 3.33. The van der Waals surface area contributed by atoms with E-state index in [2.05, 4.69) is 16.8 Å². The van der Waals surface area contributed by atoms with Gasteiger partial charge in [-0.2, -0.15) is 0 Å². The highest BCUT2D eigenvalue weighted by atomic mass is 35.5. The Morgan fingerprint density at radius 3 is 2.20 bits per heavy atom. The number of rotatable bonds is 4. The molecule has 1 aromatic carbocycles. The molecule has 1 saturated heterocycles. The largest absolute Gasteiger partial charge is 0.314 e. The van der Waals surface area contributed by atoms with Crippen LogP contribution in [0, 0.1) is 11.6 Å². The van der Waals surface area contributed by atoms with Crippen molar-refractivity contribution >= 4 is 24.8 Å². The van der Waals surface area contributed by atoms with E-state index in [-0.39, 0.29) is 30.9 Å². The smallest absolute Gasteiger partial charge is 0.126 e. The van der Waals surface area contributed by atoms with Crippen LogP contribution in [0.4, 0.5) is 8.78 Å².